The van der Waals surface area contributed by atoms with E-state index in [4.69, 9.17) is 23.9 Å². The van der Waals surface area contributed by atoms with Gasteiger partial charge >= 0.3 is 11.9 Å². The predicted molar refractivity (Wildman–Crippen MR) is 167 cm³/mol. The summed E-state index contributed by atoms with van der Waals surface area (Å²) in [5.41, 5.74) is 3.14. The third-order valence-electron chi connectivity index (χ3n) is 7.89. The lowest BCUT2D eigenvalue weighted by Crippen LogP contribution is -2.44. The quantitative estimate of drug-likeness (QED) is 0.331. The van der Waals surface area contributed by atoms with E-state index in [9.17, 15) is 14.4 Å². The van der Waals surface area contributed by atoms with Crippen molar-refractivity contribution in [3.63, 3.8) is 0 Å². The van der Waals surface area contributed by atoms with Crippen molar-refractivity contribution in [3.8, 4) is 11.5 Å². The molecule has 0 saturated carbocycles. The van der Waals surface area contributed by atoms with Crippen LogP contribution in [0.15, 0.2) is 75.9 Å². The highest BCUT2D eigenvalue weighted by molar-refractivity contribution is 8.16. The number of piperidine rings is 1. The van der Waals surface area contributed by atoms with Crippen molar-refractivity contribution < 1.29 is 33.3 Å². The standard InChI is InChI=1S/C33H37N3O7S/c1-5-42-31(38)23-12-9-15-35(18-23)28(37)16-24-20-44-33-34-21(2)29(32(39)43-19-22-10-7-6-8-11-22)30(36(24)33)26-14-13-25(40-3)17-27(26)41-4/h6-8,10-11,13-14,17,20,23,30H,5,9,12,15-16,18-19H2,1-4H3/t23-,30-/m0/s1. The molecule has 0 N–H and O–H groups in total. The minimum absolute atomic E-state index is 0.0714. The topological polar surface area (TPSA) is 107 Å². The highest BCUT2D eigenvalue weighted by Gasteiger charge is 2.43. The van der Waals surface area contributed by atoms with E-state index in [1.54, 1.807) is 39.0 Å². The monoisotopic (exact) mass is 619 g/mol. The van der Waals surface area contributed by atoms with Crippen LogP contribution in [0.25, 0.3) is 0 Å². The lowest BCUT2D eigenvalue weighted by molar-refractivity contribution is -0.151. The van der Waals surface area contributed by atoms with Crippen LogP contribution in [0.1, 0.15) is 50.3 Å². The summed E-state index contributed by atoms with van der Waals surface area (Å²) in [4.78, 5) is 48.3. The van der Waals surface area contributed by atoms with Crippen molar-refractivity contribution in [1.29, 1.82) is 0 Å². The van der Waals surface area contributed by atoms with E-state index < -0.39 is 12.0 Å². The molecule has 0 aromatic heterocycles. The van der Waals surface area contributed by atoms with Gasteiger partial charge in [0.15, 0.2) is 5.17 Å². The summed E-state index contributed by atoms with van der Waals surface area (Å²) in [7, 11) is 3.14. The van der Waals surface area contributed by atoms with E-state index in [0.29, 0.717) is 65.3 Å². The van der Waals surface area contributed by atoms with E-state index in [1.807, 2.05) is 52.8 Å². The van der Waals surface area contributed by atoms with Gasteiger partial charge in [-0.2, -0.15) is 0 Å². The van der Waals surface area contributed by atoms with Gasteiger partial charge in [0.2, 0.25) is 5.91 Å². The fraction of sp³-hybridized carbons (Fsp3) is 0.394. The Morgan fingerprint density at radius 3 is 2.57 bits per heavy atom. The average Bonchev–Trinajstić information content (AvgIpc) is 3.44. The molecule has 232 valence electrons. The number of nitrogens with zero attached hydrogens (tertiary/aromatic N) is 3. The van der Waals surface area contributed by atoms with Crippen molar-refractivity contribution in [2.24, 2.45) is 10.9 Å². The molecule has 2 atom stereocenters. The first-order valence-corrected chi connectivity index (χ1v) is 15.5. The molecule has 0 radical (unpaired) electrons. The molecule has 1 saturated heterocycles. The molecule has 0 bridgehead atoms. The summed E-state index contributed by atoms with van der Waals surface area (Å²) in [5.74, 6) is -0.0867. The van der Waals surface area contributed by atoms with Gasteiger partial charge in [-0.3, -0.25) is 9.59 Å². The second kappa shape index (κ2) is 14.0. The van der Waals surface area contributed by atoms with E-state index in [-0.39, 0.29) is 30.8 Å². The molecule has 2 aromatic carbocycles. The molecule has 2 aromatic rings. The summed E-state index contributed by atoms with van der Waals surface area (Å²) in [5, 5.41) is 2.55. The fourth-order valence-electron chi connectivity index (χ4n) is 5.69. The Hall–Kier alpha value is -4.25. The van der Waals surface area contributed by atoms with Crippen LogP contribution in [-0.4, -0.2) is 66.7 Å². The summed E-state index contributed by atoms with van der Waals surface area (Å²) >= 11 is 1.40. The second-order valence-electron chi connectivity index (χ2n) is 10.7. The van der Waals surface area contributed by atoms with Gasteiger partial charge in [0, 0.05) is 30.4 Å². The zero-order valence-corrected chi connectivity index (χ0v) is 26.2. The Morgan fingerprint density at radius 2 is 1.84 bits per heavy atom. The molecule has 10 nitrogen and oxygen atoms in total. The number of amides is 1. The number of methoxy groups -OCH3 is 2. The van der Waals surface area contributed by atoms with Crippen molar-refractivity contribution >= 4 is 34.8 Å². The zero-order chi connectivity index (χ0) is 31.2. The van der Waals surface area contributed by atoms with Gasteiger partial charge in [-0.25, -0.2) is 9.79 Å². The van der Waals surface area contributed by atoms with Crippen molar-refractivity contribution in [3.05, 3.63) is 82.0 Å². The van der Waals surface area contributed by atoms with Crippen LogP contribution in [0.3, 0.4) is 0 Å². The van der Waals surface area contributed by atoms with Gasteiger partial charge in [-0.15, -0.1) is 0 Å². The minimum atomic E-state index is -0.672. The van der Waals surface area contributed by atoms with Crippen molar-refractivity contribution in [1.82, 2.24) is 9.80 Å². The molecule has 3 aliphatic heterocycles. The molecular weight excluding hydrogens is 582 g/mol. The SMILES string of the molecule is CCOC(=O)[C@H]1CCCN(C(=O)CC2=CSC3=NC(C)=C(C(=O)OCc4ccccc4)[C@H](c4ccc(OC)cc4OC)N23)C1. The van der Waals surface area contributed by atoms with E-state index >= 15 is 0 Å². The molecule has 3 aliphatic rings. The van der Waals surface area contributed by atoms with Gasteiger partial charge in [0.1, 0.15) is 18.1 Å². The van der Waals surface area contributed by atoms with Gasteiger partial charge in [-0.1, -0.05) is 42.1 Å². The molecule has 0 unspecified atom stereocenters. The van der Waals surface area contributed by atoms with E-state index in [2.05, 4.69) is 0 Å². The number of allylic oxidation sites excluding steroid dienone is 1. The number of hydrogen-bond acceptors (Lipinski definition) is 10. The maximum atomic E-state index is 13.8. The number of carbonyl (C=O) groups is 3. The van der Waals surface area contributed by atoms with E-state index in [1.165, 1.54) is 11.8 Å². The Bertz CT molecular complexity index is 1500. The van der Waals surface area contributed by atoms with Gasteiger partial charge in [0.05, 0.1) is 50.5 Å². The summed E-state index contributed by atoms with van der Waals surface area (Å²) in [6.45, 7) is 4.88. The number of ether oxygens (including phenoxy) is 4. The lowest BCUT2D eigenvalue weighted by Gasteiger charge is -2.37. The smallest absolute Gasteiger partial charge is 0.338 e. The summed E-state index contributed by atoms with van der Waals surface area (Å²) in [6.07, 6.45) is 1.49. The van der Waals surface area contributed by atoms with Crippen LogP contribution in [0, 0.1) is 5.92 Å². The van der Waals surface area contributed by atoms with Gasteiger partial charge in [0.25, 0.3) is 0 Å². The van der Waals surface area contributed by atoms with Crippen LogP contribution in [-0.2, 0) is 30.5 Å². The largest absolute Gasteiger partial charge is 0.497 e. The first-order chi connectivity index (χ1) is 21.3. The Balaban J connectivity index is 1.45. The number of likely N-dealkylation sites (tertiary alicyclic amines) is 1. The molecule has 1 fully saturated rings. The molecule has 3 heterocycles. The minimum Gasteiger partial charge on any atom is -0.497 e. The van der Waals surface area contributed by atoms with E-state index in [0.717, 1.165) is 12.0 Å². The molecule has 0 spiro atoms. The average molecular weight is 620 g/mol. The summed E-state index contributed by atoms with van der Waals surface area (Å²) in [6, 6.07) is 14.2. The third-order valence-corrected chi connectivity index (χ3v) is 8.78. The number of benzene rings is 2. The number of aliphatic imine (C=N–C) groups is 1. The highest BCUT2D eigenvalue weighted by atomic mass is 32.2. The molecule has 5 rings (SSSR count). The molecule has 0 aliphatic carbocycles. The Labute approximate surface area is 261 Å². The first-order valence-electron chi connectivity index (χ1n) is 14.7. The molecule has 1 amide bonds. The molecule has 44 heavy (non-hydrogen) atoms. The fourth-order valence-corrected chi connectivity index (χ4v) is 6.66. The lowest BCUT2D eigenvalue weighted by atomic mass is 9.92. The van der Waals surface area contributed by atoms with Crippen LogP contribution >= 0.6 is 11.8 Å². The van der Waals surface area contributed by atoms with Crippen LogP contribution < -0.4 is 9.47 Å². The van der Waals surface area contributed by atoms with Crippen LogP contribution in [0.5, 0.6) is 11.5 Å². The van der Waals surface area contributed by atoms with Gasteiger partial charge < -0.3 is 28.7 Å². The van der Waals surface area contributed by atoms with Crippen LogP contribution in [0.4, 0.5) is 0 Å². The van der Waals surface area contributed by atoms with Gasteiger partial charge in [-0.05, 0) is 49.8 Å². The van der Waals surface area contributed by atoms with Crippen molar-refractivity contribution in [2.75, 3.05) is 33.9 Å². The number of thioether (sulfide) groups is 1. The maximum Gasteiger partial charge on any atom is 0.338 e. The number of hydrogen-bond donors (Lipinski definition) is 0. The second-order valence-corrected chi connectivity index (χ2v) is 11.5. The molecular formula is C33H37N3O7S. The first kappa shape index (κ1) is 31.2. The number of esters is 2. The molecule has 11 heteroatoms. The maximum absolute atomic E-state index is 13.8. The van der Waals surface area contributed by atoms with Crippen molar-refractivity contribution in [2.45, 2.75) is 45.8 Å². The Kier molecular flexibility index (Phi) is 9.94. The zero-order valence-electron chi connectivity index (χ0n) is 25.4. The number of amidine groups is 1. The predicted octanol–water partition coefficient (Wildman–Crippen LogP) is 5.21. The third kappa shape index (κ3) is 6.62. The summed E-state index contributed by atoms with van der Waals surface area (Å²) < 4.78 is 22.3. The van der Waals surface area contributed by atoms with Crippen LogP contribution in [0.2, 0.25) is 0 Å². The highest BCUT2D eigenvalue weighted by Crippen LogP contribution is 2.47. The number of rotatable bonds is 10. The Morgan fingerprint density at radius 1 is 1.05 bits per heavy atom. The normalized spacial score (nSPS) is 19.5. The number of carbonyl (C=O) groups excluding carboxylic acids is 3. The number of fused-ring (bicyclic) bond motifs is 1.